The minimum Gasteiger partial charge on any atom is -0.379 e. The summed E-state index contributed by atoms with van der Waals surface area (Å²) in [4.78, 5) is 11.8. The third-order valence-corrected chi connectivity index (χ3v) is 3.61. The highest BCUT2D eigenvalue weighted by molar-refractivity contribution is 7.09. The maximum Gasteiger partial charge on any atom is 0.292 e. The van der Waals surface area contributed by atoms with Gasteiger partial charge in [-0.05, 0) is 18.4 Å². The van der Waals surface area contributed by atoms with E-state index < -0.39 is 0 Å². The Morgan fingerprint density at radius 3 is 2.80 bits per heavy atom. The molecule has 0 bridgehead atoms. The summed E-state index contributed by atoms with van der Waals surface area (Å²) in [6.07, 6.45) is 0. The van der Waals surface area contributed by atoms with Crippen LogP contribution in [0.4, 0.5) is 11.4 Å². The molecule has 0 saturated carbocycles. The van der Waals surface area contributed by atoms with E-state index >= 15 is 0 Å². The quantitative estimate of drug-likeness (QED) is 0.622. The van der Waals surface area contributed by atoms with Crippen molar-refractivity contribution in [2.24, 2.45) is 0 Å². The molecular weight excluding hydrogens is 276 g/mol. The van der Waals surface area contributed by atoms with Gasteiger partial charge in [0.2, 0.25) is 0 Å². The van der Waals surface area contributed by atoms with Crippen LogP contribution in [0, 0.1) is 10.1 Å². The Morgan fingerprint density at radius 2 is 2.15 bits per heavy atom. The molecule has 0 spiro atoms. The van der Waals surface area contributed by atoms with Crippen LogP contribution in [0.5, 0.6) is 0 Å². The predicted octanol–water partition coefficient (Wildman–Crippen LogP) is 3.80. The molecule has 0 aliphatic heterocycles. The Morgan fingerprint density at radius 1 is 1.30 bits per heavy atom. The summed E-state index contributed by atoms with van der Waals surface area (Å²) >= 11 is 1.63. The standard InChI is InChI=1S/C14H16N2O3S/c1-2-15-14-11(5-3-7-13(14)16(17)18)9-19-10-12-6-4-8-20-12/h3-8,15H,2,9-10H2,1H3. The number of nitrogens with zero attached hydrogens (tertiary/aromatic N) is 1. The van der Waals surface area contributed by atoms with E-state index in [1.807, 2.05) is 30.5 Å². The largest absolute Gasteiger partial charge is 0.379 e. The zero-order valence-electron chi connectivity index (χ0n) is 11.2. The molecule has 6 heteroatoms. The molecule has 2 aromatic rings. The van der Waals surface area contributed by atoms with E-state index in [9.17, 15) is 10.1 Å². The van der Waals surface area contributed by atoms with Crippen LogP contribution in [-0.4, -0.2) is 11.5 Å². The minimum atomic E-state index is -0.374. The molecule has 1 aromatic heterocycles. The topological polar surface area (TPSA) is 64.4 Å². The van der Waals surface area contributed by atoms with Crippen LogP contribution in [0.25, 0.3) is 0 Å². The number of nitrogens with one attached hydrogen (secondary N) is 1. The van der Waals surface area contributed by atoms with E-state index in [1.165, 1.54) is 6.07 Å². The summed E-state index contributed by atoms with van der Waals surface area (Å²) in [7, 11) is 0. The number of nitro groups is 1. The predicted molar refractivity (Wildman–Crippen MR) is 80.1 cm³/mol. The molecule has 0 amide bonds. The van der Waals surface area contributed by atoms with Gasteiger partial charge in [-0.1, -0.05) is 18.2 Å². The third-order valence-electron chi connectivity index (χ3n) is 2.76. The second-order valence-electron chi connectivity index (χ2n) is 4.17. The van der Waals surface area contributed by atoms with Gasteiger partial charge >= 0.3 is 0 Å². The number of ether oxygens (including phenoxy) is 1. The Bertz CT molecular complexity index is 570. The SMILES string of the molecule is CCNc1c(COCc2cccs2)cccc1[N+](=O)[O-]. The monoisotopic (exact) mass is 292 g/mol. The number of hydrogen-bond acceptors (Lipinski definition) is 5. The fraction of sp³-hybridized carbons (Fsp3) is 0.286. The van der Waals surface area contributed by atoms with Crippen LogP contribution in [0.15, 0.2) is 35.7 Å². The number of thiophene rings is 1. The maximum atomic E-state index is 11.0. The first-order valence-corrected chi connectivity index (χ1v) is 7.20. The highest BCUT2D eigenvalue weighted by Crippen LogP contribution is 2.29. The third kappa shape index (κ3) is 3.55. The molecule has 0 aliphatic carbocycles. The number of benzene rings is 1. The fourth-order valence-electron chi connectivity index (χ4n) is 1.90. The smallest absolute Gasteiger partial charge is 0.292 e. The van der Waals surface area contributed by atoms with Crippen LogP contribution in [-0.2, 0) is 18.0 Å². The van der Waals surface area contributed by atoms with Gasteiger partial charge in [0.25, 0.3) is 5.69 Å². The lowest BCUT2D eigenvalue weighted by molar-refractivity contribution is -0.384. The van der Waals surface area contributed by atoms with E-state index in [4.69, 9.17) is 4.74 Å². The molecule has 5 nitrogen and oxygen atoms in total. The maximum absolute atomic E-state index is 11.0. The van der Waals surface area contributed by atoms with E-state index in [-0.39, 0.29) is 10.6 Å². The normalized spacial score (nSPS) is 10.4. The van der Waals surface area contributed by atoms with Gasteiger partial charge in [-0.3, -0.25) is 10.1 Å². The van der Waals surface area contributed by atoms with Gasteiger partial charge in [-0.15, -0.1) is 11.3 Å². The highest BCUT2D eigenvalue weighted by Gasteiger charge is 2.16. The van der Waals surface area contributed by atoms with Crippen molar-refractivity contribution in [3.05, 3.63) is 56.3 Å². The van der Waals surface area contributed by atoms with Crippen molar-refractivity contribution in [1.82, 2.24) is 0 Å². The van der Waals surface area contributed by atoms with Gasteiger partial charge < -0.3 is 10.1 Å². The van der Waals surface area contributed by atoms with E-state index in [0.29, 0.717) is 25.4 Å². The van der Waals surface area contributed by atoms with Crippen molar-refractivity contribution in [1.29, 1.82) is 0 Å². The van der Waals surface area contributed by atoms with Crippen molar-refractivity contribution in [3.8, 4) is 0 Å². The molecule has 1 aromatic carbocycles. The molecule has 2 rings (SSSR count). The molecule has 20 heavy (non-hydrogen) atoms. The van der Waals surface area contributed by atoms with Gasteiger partial charge in [0.05, 0.1) is 18.1 Å². The second kappa shape index (κ2) is 7.02. The first-order valence-electron chi connectivity index (χ1n) is 6.32. The number of hydrogen-bond donors (Lipinski definition) is 1. The Balaban J connectivity index is 2.09. The van der Waals surface area contributed by atoms with E-state index in [1.54, 1.807) is 17.4 Å². The Hall–Kier alpha value is -1.92. The summed E-state index contributed by atoms with van der Waals surface area (Å²) in [5, 5.41) is 16.1. The van der Waals surface area contributed by atoms with Gasteiger partial charge in [0, 0.05) is 23.1 Å². The summed E-state index contributed by atoms with van der Waals surface area (Å²) in [6.45, 7) is 3.41. The Labute approximate surface area is 121 Å². The van der Waals surface area contributed by atoms with Gasteiger partial charge in [0.1, 0.15) is 5.69 Å². The van der Waals surface area contributed by atoms with Gasteiger partial charge in [-0.2, -0.15) is 0 Å². The number of rotatable bonds is 7. The molecule has 0 fully saturated rings. The second-order valence-corrected chi connectivity index (χ2v) is 5.20. The van der Waals surface area contributed by atoms with Gasteiger partial charge in [0.15, 0.2) is 0 Å². The van der Waals surface area contributed by atoms with Crippen LogP contribution in [0.1, 0.15) is 17.4 Å². The molecule has 0 radical (unpaired) electrons. The molecule has 0 unspecified atom stereocenters. The average molecular weight is 292 g/mol. The fourth-order valence-corrected chi connectivity index (χ4v) is 2.54. The van der Waals surface area contributed by atoms with E-state index in [2.05, 4.69) is 5.32 Å². The molecule has 1 N–H and O–H groups in total. The van der Waals surface area contributed by atoms with Crippen molar-refractivity contribution < 1.29 is 9.66 Å². The first-order chi connectivity index (χ1) is 9.72. The minimum absolute atomic E-state index is 0.0871. The molecular formula is C14H16N2O3S. The summed E-state index contributed by atoms with van der Waals surface area (Å²) in [5.41, 5.74) is 1.44. The molecule has 0 atom stereocenters. The number of para-hydroxylation sites is 1. The summed E-state index contributed by atoms with van der Waals surface area (Å²) in [5.74, 6) is 0. The van der Waals surface area contributed by atoms with Crippen LogP contribution >= 0.6 is 11.3 Å². The first kappa shape index (κ1) is 14.5. The average Bonchev–Trinajstić information content (AvgIpc) is 2.93. The van der Waals surface area contributed by atoms with Crippen molar-refractivity contribution in [2.75, 3.05) is 11.9 Å². The molecule has 106 valence electrons. The zero-order chi connectivity index (χ0) is 14.4. The summed E-state index contributed by atoms with van der Waals surface area (Å²) in [6, 6.07) is 9.01. The van der Waals surface area contributed by atoms with Gasteiger partial charge in [-0.25, -0.2) is 0 Å². The molecule has 1 heterocycles. The lowest BCUT2D eigenvalue weighted by atomic mass is 10.1. The van der Waals surface area contributed by atoms with Crippen LogP contribution in [0.3, 0.4) is 0 Å². The molecule has 0 aliphatic rings. The lowest BCUT2D eigenvalue weighted by Gasteiger charge is -2.11. The zero-order valence-corrected chi connectivity index (χ0v) is 12.0. The number of anilines is 1. The summed E-state index contributed by atoms with van der Waals surface area (Å²) < 4.78 is 5.63. The van der Waals surface area contributed by atoms with Crippen molar-refractivity contribution in [2.45, 2.75) is 20.1 Å². The lowest BCUT2D eigenvalue weighted by Crippen LogP contribution is -2.06. The van der Waals surface area contributed by atoms with Crippen molar-refractivity contribution >= 4 is 22.7 Å². The molecule has 0 saturated heterocycles. The van der Waals surface area contributed by atoms with Crippen LogP contribution in [0.2, 0.25) is 0 Å². The Kier molecular flexibility index (Phi) is 5.09. The van der Waals surface area contributed by atoms with E-state index in [0.717, 1.165) is 10.4 Å². The van der Waals surface area contributed by atoms with Crippen LogP contribution < -0.4 is 5.32 Å². The number of nitro benzene ring substituents is 1. The highest BCUT2D eigenvalue weighted by atomic mass is 32.1. The van der Waals surface area contributed by atoms with Crippen molar-refractivity contribution in [3.63, 3.8) is 0 Å².